The van der Waals surface area contributed by atoms with Crippen LogP contribution in [0.5, 0.6) is 5.75 Å². The van der Waals surface area contributed by atoms with Gasteiger partial charge in [-0.15, -0.1) is 0 Å². The number of esters is 1. The summed E-state index contributed by atoms with van der Waals surface area (Å²) in [4.78, 5) is 31.6. The Kier molecular flexibility index (Phi) is 7.30. The Labute approximate surface area is 200 Å². The fraction of sp³-hybridized carbons (Fsp3) is 0.370. The lowest BCUT2D eigenvalue weighted by Crippen LogP contribution is -2.38. The van der Waals surface area contributed by atoms with Crippen LogP contribution in [0.2, 0.25) is 0 Å². The van der Waals surface area contributed by atoms with Crippen LogP contribution in [0.4, 0.5) is 10.5 Å². The number of fused-ring (bicyclic) bond motifs is 2. The molecule has 34 heavy (non-hydrogen) atoms. The Morgan fingerprint density at radius 2 is 1.82 bits per heavy atom. The number of nitrogens with zero attached hydrogens (tertiary/aromatic N) is 2. The van der Waals surface area contributed by atoms with Crippen LogP contribution in [0.25, 0.3) is 10.8 Å². The SMILES string of the molecule is CCN(CC)c1ccc2c(c1)OC(=O)C(CCNC(=O)NCc1cc3ccccc3cn1)C2C. The third-order valence-electron chi connectivity index (χ3n) is 6.59. The van der Waals surface area contributed by atoms with E-state index in [0.29, 0.717) is 25.3 Å². The van der Waals surface area contributed by atoms with E-state index in [1.165, 1.54) is 0 Å². The lowest BCUT2D eigenvalue weighted by Gasteiger charge is -2.31. The quantitative estimate of drug-likeness (QED) is 0.379. The maximum absolute atomic E-state index is 12.7. The third kappa shape index (κ3) is 5.14. The average Bonchev–Trinajstić information content (AvgIpc) is 2.85. The minimum atomic E-state index is -0.297. The standard InChI is InChI=1S/C27H32N4O3/c1-4-31(5-2)22-10-11-23-18(3)24(26(32)34-25(23)15-22)12-13-28-27(33)30-17-21-14-19-8-6-7-9-20(19)16-29-21/h6-11,14-16,18,24H,4-5,12-13,17H2,1-3H3,(H2,28,30,33). The van der Waals surface area contributed by atoms with Gasteiger partial charge in [0, 0.05) is 43.0 Å². The van der Waals surface area contributed by atoms with Gasteiger partial charge in [-0.2, -0.15) is 0 Å². The molecule has 7 heteroatoms. The first kappa shape index (κ1) is 23.5. The van der Waals surface area contributed by atoms with Gasteiger partial charge in [-0.3, -0.25) is 9.78 Å². The fourth-order valence-electron chi connectivity index (χ4n) is 4.55. The van der Waals surface area contributed by atoms with Gasteiger partial charge in [-0.25, -0.2) is 4.79 Å². The van der Waals surface area contributed by atoms with Crippen LogP contribution in [0.3, 0.4) is 0 Å². The van der Waals surface area contributed by atoms with Crippen molar-refractivity contribution in [2.45, 2.75) is 39.7 Å². The summed E-state index contributed by atoms with van der Waals surface area (Å²) in [5, 5.41) is 7.84. The lowest BCUT2D eigenvalue weighted by atomic mass is 9.83. The summed E-state index contributed by atoms with van der Waals surface area (Å²) in [6.07, 6.45) is 2.32. The number of carbonyl (C=O) groups is 2. The Morgan fingerprint density at radius 1 is 1.06 bits per heavy atom. The van der Waals surface area contributed by atoms with Crippen molar-refractivity contribution >= 4 is 28.5 Å². The fourth-order valence-corrected chi connectivity index (χ4v) is 4.55. The van der Waals surface area contributed by atoms with Crippen molar-refractivity contribution in [3.8, 4) is 5.75 Å². The Balaban J connectivity index is 1.29. The summed E-state index contributed by atoms with van der Waals surface area (Å²) >= 11 is 0. The molecule has 178 valence electrons. The zero-order valence-electron chi connectivity index (χ0n) is 20.0. The van der Waals surface area contributed by atoms with Crippen molar-refractivity contribution < 1.29 is 14.3 Å². The minimum absolute atomic E-state index is 0.0219. The summed E-state index contributed by atoms with van der Waals surface area (Å²) < 4.78 is 5.69. The molecule has 3 aromatic rings. The molecule has 1 aliphatic rings. The molecule has 1 aromatic heterocycles. The molecule has 0 fully saturated rings. The normalized spacial score (nSPS) is 17.1. The third-order valence-corrected chi connectivity index (χ3v) is 6.59. The molecule has 2 atom stereocenters. The molecular weight excluding hydrogens is 428 g/mol. The zero-order chi connectivity index (χ0) is 24.1. The number of hydrogen-bond acceptors (Lipinski definition) is 5. The highest BCUT2D eigenvalue weighted by molar-refractivity contribution is 5.82. The highest BCUT2D eigenvalue weighted by Crippen LogP contribution is 2.40. The number of rotatable bonds is 8. The van der Waals surface area contributed by atoms with Crippen LogP contribution in [0.15, 0.2) is 54.7 Å². The number of aromatic nitrogens is 1. The molecule has 1 aliphatic heterocycles. The summed E-state index contributed by atoms with van der Waals surface area (Å²) in [6, 6.07) is 15.8. The molecular formula is C27H32N4O3. The first-order valence-electron chi connectivity index (χ1n) is 12.0. The van der Waals surface area contributed by atoms with E-state index in [1.807, 2.05) is 49.5 Å². The van der Waals surface area contributed by atoms with E-state index < -0.39 is 0 Å². The molecule has 0 aliphatic carbocycles. The molecule has 2 amide bonds. The van der Waals surface area contributed by atoms with Crippen LogP contribution < -0.4 is 20.3 Å². The number of ether oxygens (including phenoxy) is 1. The summed E-state index contributed by atoms with van der Waals surface area (Å²) in [6.45, 7) is 8.77. The highest BCUT2D eigenvalue weighted by Gasteiger charge is 2.35. The minimum Gasteiger partial charge on any atom is -0.426 e. The van der Waals surface area contributed by atoms with Gasteiger partial charge in [0.15, 0.2) is 0 Å². The van der Waals surface area contributed by atoms with Crippen LogP contribution in [-0.4, -0.2) is 36.6 Å². The molecule has 0 saturated carbocycles. The van der Waals surface area contributed by atoms with E-state index in [1.54, 1.807) is 0 Å². The van der Waals surface area contributed by atoms with E-state index >= 15 is 0 Å². The molecule has 2 N–H and O–H groups in total. The molecule has 2 heterocycles. The maximum Gasteiger partial charge on any atom is 0.315 e. The van der Waals surface area contributed by atoms with E-state index in [4.69, 9.17) is 4.74 Å². The number of nitrogens with one attached hydrogen (secondary N) is 2. The number of pyridine rings is 1. The molecule has 2 unspecified atom stereocenters. The van der Waals surface area contributed by atoms with Gasteiger partial charge in [0.25, 0.3) is 0 Å². The van der Waals surface area contributed by atoms with Gasteiger partial charge in [-0.05, 0) is 49.3 Å². The lowest BCUT2D eigenvalue weighted by molar-refractivity contribution is -0.141. The van der Waals surface area contributed by atoms with Crippen molar-refractivity contribution in [3.05, 3.63) is 66.0 Å². The van der Waals surface area contributed by atoms with Crippen molar-refractivity contribution in [1.29, 1.82) is 0 Å². The summed E-state index contributed by atoms with van der Waals surface area (Å²) in [5.74, 6) is 0.133. The maximum atomic E-state index is 12.7. The van der Waals surface area contributed by atoms with Crippen LogP contribution >= 0.6 is 0 Å². The van der Waals surface area contributed by atoms with Gasteiger partial charge in [0.1, 0.15) is 5.75 Å². The largest absolute Gasteiger partial charge is 0.426 e. The van der Waals surface area contributed by atoms with Crippen molar-refractivity contribution in [3.63, 3.8) is 0 Å². The number of hydrogen-bond donors (Lipinski definition) is 2. The molecule has 4 rings (SSSR count). The average molecular weight is 461 g/mol. The topological polar surface area (TPSA) is 83.6 Å². The van der Waals surface area contributed by atoms with Gasteiger partial charge in [-0.1, -0.05) is 37.3 Å². The Bertz CT molecular complexity index is 1180. The van der Waals surface area contributed by atoms with Crippen molar-refractivity contribution in [2.75, 3.05) is 24.5 Å². The van der Waals surface area contributed by atoms with E-state index in [9.17, 15) is 9.59 Å². The van der Waals surface area contributed by atoms with Crippen LogP contribution in [0.1, 0.15) is 44.4 Å². The van der Waals surface area contributed by atoms with E-state index in [0.717, 1.165) is 40.8 Å². The molecule has 0 radical (unpaired) electrons. The van der Waals surface area contributed by atoms with Gasteiger partial charge in [0.2, 0.25) is 0 Å². The molecule has 0 saturated heterocycles. The predicted octanol–water partition coefficient (Wildman–Crippen LogP) is 4.61. The first-order chi connectivity index (χ1) is 16.5. The second-order valence-corrected chi connectivity index (χ2v) is 8.63. The smallest absolute Gasteiger partial charge is 0.315 e. The number of urea groups is 1. The second kappa shape index (κ2) is 10.5. The summed E-state index contributed by atoms with van der Waals surface area (Å²) in [5.41, 5.74) is 2.88. The second-order valence-electron chi connectivity index (χ2n) is 8.63. The first-order valence-corrected chi connectivity index (χ1v) is 12.0. The Morgan fingerprint density at radius 3 is 2.59 bits per heavy atom. The van der Waals surface area contributed by atoms with Gasteiger partial charge < -0.3 is 20.3 Å². The number of anilines is 1. The van der Waals surface area contributed by atoms with E-state index in [2.05, 4.69) is 46.5 Å². The predicted molar refractivity (Wildman–Crippen MR) is 134 cm³/mol. The monoisotopic (exact) mass is 460 g/mol. The van der Waals surface area contributed by atoms with Crippen LogP contribution in [-0.2, 0) is 11.3 Å². The number of benzene rings is 2. The molecule has 2 aromatic carbocycles. The van der Waals surface area contributed by atoms with Gasteiger partial charge in [0.05, 0.1) is 18.2 Å². The molecule has 0 bridgehead atoms. The molecule has 0 spiro atoms. The molecule has 7 nitrogen and oxygen atoms in total. The zero-order valence-corrected chi connectivity index (χ0v) is 20.0. The highest BCUT2D eigenvalue weighted by atomic mass is 16.5. The van der Waals surface area contributed by atoms with Crippen molar-refractivity contribution in [1.82, 2.24) is 15.6 Å². The van der Waals surface area contributed by atoms with Crippen molar-refractivity contribution in [2.24, 2.45) is 5.92 Å². The number of amides is 2. The summed E-state index contributed by atoms with van der Waals surface area (Å²) in [7, 11) is 0. The van der Waals surface area contributed by atoms with E-state index in [-0.39, 0.29) is 23.8 Å². The Hall–Kier alpha value is -3.61. The van der Waals surface area contributed by atoms with Gasteiger partial charge >= 0.3 is 12.0 Å². The number of carbonyl (C=O) groups excluding carboxylic acids is 2. The van der Waals surface area contributed by atoms with Crippen LogP contribution in [0, 0.1) is 5.92 Å².